The molecule has 3 aliphatic rings. The quantitative estimate of drug-likeness (QED) is 0.481. The van der Waals surface area contributed by atoms with E-state index in [4.69, 9.17) is 10.2 Å². The molecule has 0 radical (unpaired) electrons. The number of amides is 3. The summed E-state index contributed by atoms with van der Waals surface area (Å²) in [7, 11) is 0. The van der Waals surface area contributed by atoms with Gasteiger partial charge >= 0.3 is 12.0 Å². The number of halogens is 1. The molecule has 0 saturated carbocycles. The third kappa shape index (κ3) is 5.13. The van der Waals surface area contributed by atoms with Gasteiger partial charge in [0.1, 0.15) is 5.82 Å². The summed E-state index contributed by atoms with van der Waals surface area (Å²) in [6.45, 7) is 4.86. The molecule has 3 aromatic rings. The average Bonchev–Trinajstić information content (AvgIpc) is 3.39. The lowest BCUT2D eigenvalue weighted by atomic mass is 9.94. The highest BCUT2D eigenvalue weighted by Gasteiger charge is 2.29. The lowest BCUT2D eigenvalue weighted by Gasteiger charge is -2.38. The molecule has 2 N–H and O–H groups in total. The summed E-state index contributed by atoms with van der Waals surface area (Å²) in [6.07, 6.45) is 6.03. The summed E-state index contributed by atoms with van der Waals surface area (Å²) in [6, 6.07) is 9.91. The molecule has 0 atom stereocenters. The number of carboxylic acid groups (broad SMARTS) is 1. The summed E-state index contributed by atoms with van der Waals surface area (Å²) >= 11 is 0. The number of carbonyl (C=O) groups excluding carboxylic acids is 2. The molecule has 0 spiro atoms. The molecule has 11 heteroatoms. The normalized spacial score (nSPS) is 19.8. The number of hydrogen-bond donors (Lipinski definition) is 2. The largest absolute Gasteiger partial charge is 0.478 e. The van der Waals surface area contributed by atoms with Crippen molar-refractivity contribution in [1.82, 2.24) is 20.0 Å². The van der Waals surface area contributed by atoms with Gasteiger partial charge in [-0.15, -0.1) is 0 Å². The van der Waals surface area contributed by atoms with Gasteiger partial charge in [-0.3, -0.25) is 19.7 Å². The Morgan fingerprint density at radius 1 is 1.00 bits per heavy atom. The average molecular weight is 549 g/mol. The van der Waals surface area contributed by atoms with Crippen LogP contribution in [0.5, 0.6) is 0 Å². The molecule has 0 bridgehead atoms. The molecule has 6 rings (SSSR count). The summed E-state index contributed by atoms with van der Waals surface area (Å²) in [5.74, 6) is -1.30. The van der Waals surface area contributed by atoms with Crippen LogP contribution in [0.15, 0.2) is 42.6 Å². The van der Waals surface area contributed by atoms with Gasteiger partial charge in [-0.1, -0.05) is 6.07 Å². The van der Waals surface area contributed by atoms with Gasteiger partial charge in [-0.2, -0.15) is 5.10 Å². The minimum absolute atomic E-state index is 0.0322. The Morgan fingerprint density at radius 2 is 1.77 bits per heavy atom. The van der Waals surface area contributed by atoms with Gasteiger partial charge in [-0.05, 0) is 61.9 Å². The summed E-state index contributed by atoms with van der Waals surface area (Å²) in [4.78, 5) is 41.2. The van der Waals surface area contributed by atoms with E-state index in [1.165, 1.54) is 6.07 Å². The molecule has 3 fully saturated rings. The Kier molecular flexibility index (Phi) is 7.14. The first kappa shape index (κ1) is 26.2. The SMILES string of the molecule is O=C1CCN(c2cccc3c2cnn3C2CCN(CC3CCN(c4ccc(C(=O)O)cc4F)CC3)CC2)C(=O)N1. The van der Waals surface area contributed by atoms with Crippen molar-refractivity contribution >= 4 is 40.2 Å². The molecular formula is C29H33FN6O4. The number of nitrogens with one attached hydrogen (secondary N) is 1. The molecule has 3 amide bonds. The van der Waals surface area contributed by atoms with E-state index in [2.05, 4.69) is 14.9 Å². The second kappa shape index (κ2) is 10.9. The van der Waals surface area contributed by atoms with E-state index < -0.39 is 17.8 Å². The van der Waals surface area contributed by atoms with E-state index in [1.54, 1.807) is 11.0 Å². The molecule has 3 saturated heterocycles. The van der Waals surface area contributed by atoms with Crippen molar-refractivity contribution in [3.05, 3.63) is 54.0 Å². The van der Waals surface area contributed by atoms with E-state index in [1.807, 2.05) is 29.3 Å². The maximum absolute atomic E-state index is 14.5. The van der Waals surface area contributed by atoms with Crippen molar-refractivity contribution in [3.63, 3.8) is 0 Å². The van der Waals surface area contributed by atoms with Crippen LogP contribution in [0.25, 0.3) is 10.9 Å². The minimum atomic E-state index is -1.12. The zero-order chi connectivity index (χ0) is 27.8. The number of imide groups is 1. The number of hydrogen-bond acceptors (Lipinski definition) is 6. The van der Waals surface area contributed by atoms with E-state index in [9.17, 15) is 18.8 Å². The van der Waals surface area contributed by atoms with Gasteiger partial charge in [0.25, 0.3) is 0 Å². The van der Waals surface area contributed by atoms with Gasteiger partial charge in [0.05, 0.1) is 34.7 Å². The Hall–Kier alpha value is -3.99. The molecular weight excluding hydrogens is 515 g/mol. The Morgan fingerprint density at radius 3 is 2.48 bits per heavy atom. The van der Waals surface area contributed by atoms with Crippen molar-refractivity contribution in [3.8, 4) is 0 Å². The van der Waals surface area contributed by atoms with Crippen molar-refractivity contribution in [1.29, 1.82) is 0 Å². The van der Waals surface area contributed by atoms with Gasteiger partial charge in [-0.25, -0.2) is 14.0 Å². The number of nitrogens with zero attached hydrogens (tertiary/aromatic N) is 5. The molecule has 0 unspecified atom stereocenters. The van der Waals surface area contributed by atoms with Gasteiger partial charge in [0, 0.05) is 51.1 Å². The molecule has 210 valence electrons. The number of carboxylic acids is 1. The van der Waals surface area contributed by atoms with Gasteiger partial charge in [0.15, 0.2) is 0 Å². The molecule has 4 heterocycles. The number of rotatable bonds is 6. The number of fused-ring (bicyclic) bond motifs is 1. The van der Waals surface area contributed by atoms with Crippen molar-refractivity contribution < 1.29 is 23.9 Å². The lowest BCUT2D eigenvalue weighted by molar-refractivity contribution is -0.120. The number of anilines is 2. The molecule has 0 aliphatic carbocycles. The predicted molar refractivity (Wildman–Crippen MR) is 148 cm³/mol. The number of urea groups is 1. The van der Waals surface area contributed by atoms with Gasteiger partial charge < -0.3 is 14.9 Å². The van der Waals surface area contributed by atoms with Crippen LogP contribution < -0.4 is 15.1 Å². The van der Waals surface area contributed by atoms with Crippen molar-refractivity contribution in [2.75, 3.05) is 49.1 Å². The van der Waals surface area contributed by atoms with Crippen LogP contribution in [0.2, 0.25) is 0 Å². The maximum Gasteiger partial charge on any atom is 0.335 e. The van der Waals surface area contributed by atoms with Crippen LogP contribution in [0.1, 0.15) is 48.5 Å². The topological polar surface area (TPSA) is 111 Å². The molecule has 10 nitrogen and oxygen atoms in total. The number of carbonyl (C=O) groups is 3. The molecule has 1 aromatic heterocycles. The van der Waals surface area contributed by atoms with E-state index in [0.29, 0.717) is 18.2 Å². The number of likely N-dealkylation sites (tertiary alicyclic amines) is 1. The fourth-order valence-electron chi connectivity index (χ4n) is 6.34. The summed E-state index contributed by atoms with van der Waals surface area (Å²) in [5.41, 5.74) is 2.22. The number of aromatic carboxylic acids is 1. The zero-order valence-corrected chi connectivity index (χ0v) is 22.3. The second-order valence-electron chi connectivity index (χ2n) is 11.0. The zero-order valence-electron chi connectivity index (χ0n) is 22.3. The standard InChI is InChI=1S/C29H33FN6O4/c30-23-16-20(28(38)39)4-5-26(23)34-13-6-19(7-14-34)18-33-11-8-21(9-12-33)36-25-3-1-2-24(22(25)17-31-36)35-15-10-27(37)32-29(35)40/h1-5,16-17,19,21H,6-15,18H2,(H,38,39)(H,32,37,40). The molecule has 3 aliphatic heterocycles. The highest BCUT2D eigenvalue weighted by atomic mass is 19.1. The highest BCUT2D eigenvalue weighted by Crippen LogP contribution is 2.33. The first-order chi connectivity index (χ1) is 19.4. The number of piperidine rings is 2. The Labute approximate surface area is 231 Å². The van der Waals surface area contributed by atoms with E-state index in [0.717, 1.165) is 81.1 Å². The third-order valence-corrected chi connectivity index (χ3v) is 8.53. The van der Waals surface area contributed by atoms with E-state index >= 15 is 0 Å². The first-order valence-corrected chi connectivity index (χ1v) is 13.9. The number of benzene rings is 2. The molecule has 40 heavy (non-hydrogen) atoms. The van der Waals surface area contributed by atoms with Crippen LogP contribution in [0.3, 0.4) is 0 Å². The van der Waals surface area contributed by atoms with Crippen LogP contribution in [-0.4, -0.2) is 77.0 Å². The first-order valence-electron chi connectivity index (χ1n) is 13.9. The fourth-order valence-corrected chi connectivity index (χ4v) is 6.34. The smallest absolute Gasteiger partial charge is 0.335 e. The second-order valence-corrected chi connectivity index (χ2v) is 11.0. The van der Waals surface area contributed by atoms with Crippen LogP contribution >= 0.6 is 0 Å². The minimum Gasteiger partial charge on any atom is -0.478 e. The van der Waals surface area contributed by atoms with Gasteiger partial charge in [0.2, 0.25) is 5.91 Å². The predicted octanol–water partition coefficient (Wildman–Crippen LogP) is 3.87. The Bertz CT molecular complexity index is 1440. The lowest BCUT2D eigenvalue weighted by Crippen LogP contribution is -2.49. The van der Waals surface area contributed by atoms with Crippen molar-refractivity contribution in [2.24, 2.45) is 5.92 Å². The summed E-state index contributed by atoms with van der Waals surface area (Å²) in [5, 5.41) is 17.1. The highest BCUT2D eigenvalue weighted by molar-refractivity contribution is 6.09. The van der Waals surface area contributed by atoms with Crippen LogP contribution in [0.4, 0.5) is 20.6 Å². The fraction of sp³-hybridized carbons (Fsp3) is 0.448. The third-order valence-electron chi connectivity index (χ3n) is 8.53. The van der Waals surface area contributed by atoms with E-state index in [-0.39, 0.29) is 23.9 Å². The number of aromatic nitrogens is 2. The monoisotopic (exact) mass is 548 g/mol. The van der Waals surface area contributed by atoms with Crippen LogP contribution in [0, 0.1) is 11.7 Å². The van der Waals surface area contributed by atoms with Crippen LogP contribution in [-0.2, 0) is 4.79 Å². The summed E-state index contributed by atoms with van der Waals surface area (Å²) < 4.78 is 16.6. The van der Waals surface area contributed by atoms with Crippen molar-refractivity contribution in [2.45, 2.75) is 38.1 Å². The maximum atomic E-state index is 14.5. The Balaban J connectivity index is 1.03. The molecule has 2 aromatic carbocycles.